The van der Waals surface area contributed by atoms with E-state index in [1.165, 1.54) is 0 Å². The molecule has 0 saturated carbocycles. The van der Waals surface area contributed by atoms with Gasteiger partial charge in [-0.1, -0.05) is 0 Å². The number of anilines is 1. The Hall–Kier alpha value is -0.680. The topological polar surface area (TPSA) is 39.1 Å². The van der Waals surface area contributed by atoms with Gasteiger partial charge in [-0.25, -0.2) is 4.98 Å². The van der Waals surface area contributed by atoms with Crippen LogP contribution in [0.3, 0.4) is 0 Å². The van der Waals surface area contributed by atoms with E-state index in [1.807, 2.05) is 24.2 Å². The molecule has 1 rings (SSSR count). The van der Waals surface area contributed by atoms with Gasteiger partial charge in [-0.15, -0.1) is 0 Å². The van der Waals surface area contributed by atoms with E-state index in [0.717, 1.165) is 12.5 Å². The van der Waals surface area contributed by atoms with Crippen LogP contribution in [0.5, 0.6) is 0 Å². The molecule has 5 heteroatoms. The molecule has 98 valence electrons. The fourth-order valence-electron chi connectivity index (χ4n) is 1.49. The maximum Gasteiger partial charge on any atom is 0.203 e. The molecule has 0 bridgehead atoms. The molecule has 0 saturated heterocycles. The first-order valence-corrected chi connectivity index (χ1v) is 7.03. The fourth-order valence-corrected chi connectivity index (χ4v) is 1.71. The molecule has 0 fully saturated rings. The number of ether oxygens (including phenoxy) is 1. The molecule has 0 spiro atoms. The fraction of sp³-hybridized carbons (Fsp3) is 0.750. The first-order chi connectivity index (χ1) is 8.00. The van der Waals surface area contributed by atoms with E-state index in [1.54, 1.807) is 7.11 Å². The number of aromatic nitrogens is 2. The second kappa shape index (κ2) is 6.31. The summed E-state index contributed by atoms with van der Waals surface area (Å²) in [7, 11) is 1.72. The van der Waals surface area contributed by atoms with Gasteiger partial charge >= 0.3 is 0 Å². The number of imidazole rings is 1. The third kappa shape index (κ3) is 4.24. The van der Waals surface area contributed by atoms with E-state index >= 15 is 0 Å². The van der Waals surface area contributed by atoms with E-state index in [2.05, 4.69) is 41.9 Å². The highest BCUT2D eigenvalue weighted by molar-refractivity contribution is 7.99. The van der Waals surface area contributed by atoms with Crippen LogP contribution in [0.25, 0.3) is 0 Å². The SMILES string of the molecule is COCC(C)n1ccnc1NCC(C)(C)SC. The van der Waals surface area contributed by atoms with Crippen LogP contribution in [0.1, 0.15) is 26.8 Å². The first kappa shape index (κ1) is 14.4. The molecule has 0 aromatic carbocycles. The minimum absolute atomic E-state index is 0.210. The molecule has 0 aliphatic heterocycles. The van der Waals surface area contributed by atoms with Crippen LogP contribution < -0.4 is 5.32 Å². The van der Waals surface area contributed by atoms with Crippen LogP contribution >= 0.6 is 11.8 Å². The van der Waals surface area contributed by atoms with Crippen LogP contribution in [0.2, 0.25) is 0 Å². The summed E-state index contributed by atoms with van der Waals surface area (Å²) < 4.78 is 7.49. The summed E-state index contributed by atoms with van der Waals surface area (Å²) in [5, 5.41) is 3.40. The molecule has 1 aromatic heterocycles. The lowest BCUT2D eigenvalue weighted by molar-refractivity contribution is 0.163. The van der Waals surface area contributed by atoms with Gasteiger partial charge in [-0.05, 0) is 27.0 Å². The summed E-state index contributed by atoms with van der Waals surface area (Å²) in [4.78, 5) is 4.34. The van der Waals surface area contributed by atoms with Gasteiger partial charge in [0.1, 0.15) is 0 Å². The highest BCUT2D eigenvalue weighted by atomic mass is 32.2. The van der Waals surface area contributed by atoms with Crippen LogP contribution in [-0.2, 0) is 4.74 Å². The van der Waals surface area contributed by atoms with Crippen molar-refractivity contribution in [3.8, 4) is 0 Å². The molecule has 0 aliphatic rings. The van der Waals surface area contributed by atoms with Gasteiger partial charge in [0.05, 0.1) is 12.6 Å². The smallest absolute Gasteiger partial charge is 0.203 e. The lowest BCUT2D eigenvalue weighted by atomic mass is 10.2. The van der Waals surface area contributed by atoms with Gasteiger partial charge in [-0.3, -0.25) is 0 Å². The van der Waals surface area contributed by atoms with Crippen LogP contribution in [0.15, 0.2) is 12.4 Å². The molecule has 1 atom stereocenters. The number of nitrogens with one attached hydrogen (secondary N) is 1. The lowest BCUT2D eigenvalue weighted by Gasteiger charge is -2.24. The number of rotatable bonds is 7. The predicted molar refractivity (Wildman–Crippen MR) is 74.9 cm³/mol. The van der Waals surface area contributed by atoms with E-state index in [9.17, 15) is 0 Å². The minimum atomic E-state index is 0.210. The van der Waals surface area contributed by atoms with E-state index in [-0.39, 0.29) is 4.75 Å². The number of hydrogen-bond acceptors (Lipinski definition) is 4. The molecule has 0 amide bonds. The van der Waals surface area contributed by atoms with E-state index in [4.69, 9.17) is 4.74 Å². The van der Waals surface area contributed by atoms with Gasteiger partial charge in [0, 0.05) is 30.8 Å². The normalized spacial score (nSPS) is 13.7. The summed E-state index contributed by atoms with van der Waals surface area (Å²) in [6.45, 7) is 8.14. The predicted octanol–water partition coefficient (Wildman–Crippen LogP) is 2.64. The van der Waals surface area contributed by atoms with Crippen molar-refractivity contribution < 1.29 is 4.74 Å². The molecule has 1 unspecified atom stereocenters. The Balaban J connectivity index is 2.63. The van der Waals surface area contributed by atoms with Crippen molar-refractivity contribution >= 4 is 17.7 Å². The largest absolute Gasteiger partial charge is 0.383 e. The third-order valence-electron chi connectivity index (χ3n) is 2.78. The summed E-state index contributed by atoms with van der Waals surface area (Å²) in [6.07, 6.45) is 5.93. The summed E-state index contributed by atoms with van der Waals surface area (Å²) in [5.74, 6) is 0.914. The molecular formula is C12H23N3OS. The lowest BCUT2D eigenvalue weighted by Crippen LogP contribution is -2.27. The second-order valence-corrected chi connectivity index (χ2v) is 6.29. The van der Waals surface area contributed by atoms with Crippen molar-refractivity contribution in [3.05, 3.63) is 12.4 Å². The zero-order valence-electron chi connectivity index (χ0n) is 11.4. The quantitative estimate of drug-likeness (QED) is 0.815. The van der Waals surface area contributed by atoms with Crippen molar-refractivity contribution in [2.24, 2.45) is 0 Å². The minimum Gasteiger partial charge on any atom is -0.383 e. The average molecular weight is 257 g/mol. The van der Waals surface area contributed by atoms with Crippen LogP contribution in [0.4, 0.5) is 5.95 Å². The van der Waals surface area contributed by atoms with Crippen molar-refractivity contribution in [2.45, 2.75) is 31.6 Å². The zero-order valence-corrected chi connectivity index (χ0v) is 12.2. The highest BCUT2D eigenvalue weighted by Crippen LogP contribution is 2.22. The van der Waals surface area contributed by atoms with E-state index in [0.29, 0.717) is 12.6 Å². The number of hydrogen-bond donors (Lipinski definition) is 1. The summed E-state index contributed by atoms with van der Waals surface area (Å²) >= 11 is 1.85. The number of nitrogens with zero attached hydrogens (tertiary/aromatic N) is 2. The monoisotopic (exact) mass is 257 g/mol. The molecule has 1 N–H and O–H groups in total. The molecule has 1 aromatic rings. The zero-order chi connectivity index (χ0) is 12.9. The maximum atomic E-state index is 5.17. The van der Waals surface area contributed by atoms with Crippen molar-refractivity contribution in [1.82, 2.24) is 9.55 Å². The van der Waals surface area contributed by atoms with Crippen LogP contribution in [-0.4, -0.2) is 40.8 Å². The van der Waals surface area contributed by atoms with E-state index < -0.39 is 0 Å². The third-order valence-corrected chi connectivity index (χ3v) is 4.03. The molecule has 1 heterocycles. The van der Waals surface area contributed by atoms with Crippen molar-refractivity contribution in [2.75, 3.05) is 31.8 Å². The maximum absolute atomic E-state index is 5.17. The summed E-state index contributed by atoms with van der Waals surface area (Å²) in [5.41, 5.74) is 0. The van der Waals surface area contributed by atoms with Gasteiger partial charge in [-0.2, -0.15) is 11.8 Å². The molecule has 4 nitrogen and oxygen atoms in total. The van der Waals surface area contributed by atoms with Gasteiger partial charge in [0.2, 0.25) is 5.95 Å². The van der Waals surface area contributed by atoms with Crippen LogP contribution in [0, 0.1) is 0 Å². The Morgan fingerprint density at radius 3 is 2.88 bits per heavy atom. The Bertz CT molecular complexity index is 338. The number of methoxy groups -OCH3 is 1. The standard InChI is InChI=1S/C12H23N3OS/c1-10(8-16-4)15-7-6-13-11(15)14-9-12(2,3)17-5/h6-7,10H,8-9H2,1-5H3,(H,13,14). The Labute approximate surface area is 108 Å². The molecular weight excluding hydrogens is 234 g/mol. The average Bonchev–Trinajstić information content (AvgIpc) is 2.75. The second-order valence-electron chi connectivity index (χ2n) is 4.78. The Kier molecular flexibility index (Phi) is 5.33. The Morgan fingerprint density at radius 2 is 2.29 bits per heavy atom. The molecule has 0 radical (unpaired) electrons. The first-order valence-electron chi connectivity index (χ1n) is 5.81. The summed E-state index contributed by atoms with van der Waals surface area (Å²) in [6, 6.07) is 0.294. The Morgan fingerprint density at radius 1 is 1.59 bits per heavy atom. The highest BCUT2D eigenvalue weighted by Gasteiger charge is 2.17. The molecule has 0 aliphatic carbocycles. The number of thioether (sulfide) groups is 1. The van der Waals surface area contributed by atoms with Crippen molar-refractivity contribution in [3.63, 3.8) is 0 Å². The van der Waals surface area contributed by atoms with Gasteiger partial charge in [0.15, 0.2) is 0 Å². The van der Waals surface area contributed by atoms with Gasteiger partial charge < -0.3 is 14.6 Å². The van der Waals surface area contributed by atoms with Gasteiger partial charge in [0.25, 0.3) is 0 Å². The van der Waals surface area contributed by atoms with Crippen molar-refractivity contribution in [1.29, 1.82) is 0 Å². The molecule has 17 heavy (non-hydrogen) atoms.